The summed E-state index contributed by atoms with van der Waals surface area (Å²) in [5.41, 5.74) is 14.8. The Morgan fingerprint density at radius 1 is 0.725 bits per heavy atom. The van der Waals surface area contributed by atoms with Gasteiger partial charge in [-0.25, -0.2) is 0 Å². The van der Waals surface area contributed by atoms with E-state index in [1.165, 1.54) is 30.8 Å². The number of phenols is 1. The molecule has 0 unspecified atom stereocenters. The monoisotopic (exact) mass is 715 g/mol. The van der Waals surface area contributed by atoms with E-state index in [0.717, 1.165) is 27.6 Å². The van der Waals surface area contributed by atoms with E-state index in [0.29, 0.717) is 12.2 Å². The lowest BCUT2D eigenvalue weighted by Gasteiger charge is -2.26. The normalized spacial score (nSPS) is 14.0. The lowest BCUT2D eigenvalue weighted by atomic mass is 10.0. The summed E-state index contributed by atoms with van der Waals surface area (Å²) in [4.78, 5) is 69.5. The zero-order valence-corrected chi connectivity index (χ0v) is 29.4. The van der Waals surface area contributed by atoms with Crippen LogP contribution in [0.5, 0.6) is 5.75 Å². The highest BCUT2D eigenvalue weighted by Crippen LogP contribution is 2.20. The van der Waals surface area contributed by atoms with Crippen LogP contribution in [0.4, 0.5) is 0 Å². The number of amides is 5. The van der Waals surface area contributed by atoms with Crippen molar-refractivity contribution in [1.29, 1.82) is 0 Å². The van der Waals surface area contributed by atoms with E-state index in [9.17, 15) is 29.1 Å². The van der Waals surface area contributed by atoms with Crippen molar-refractivity contribution in [2.75, 3.05) is 12.0 Å². The number of carbonyl (C=O) groups is 5. The number of nitrogens with one attached hydrogen (secondary N) is 5. The number of thioether (sulfide) groups is 1. The number of carbonyl (C=O) groups excluding carboxylic acids is 5. The van der Waals surface area contributed by atoms with Crippen molar-refractivity contribution in [3.63, 3.8) is 0 Å². The second kappa shape index (κ2) is 18.6. The number of fused-ring (bicyclic) bond motifs is 1. The Hall–Kier alpha value is -5.34. The van der Waals surface area contributed by atoms with E-state index >= 15 is 0 Å². The number of rotatable bonds is 18. The predicted octanol–water partition coefficient (Wildman–Crippen LogP) is 1.43. The van der Waals surface area contributed by atoms with Gasteiger partial charge in [0, 0.05) is 29.9 Å². The largest absolute Gasteiger partial charge is 0.508 e. The first kappa shape index (κ1) is 38.5. The van der Waals surface area contributed by atoms with Crippen molar-refractivity contribution in [1.82, 2.24) is 26.3 Å². The number of benzene rings is 3. The number of hydrogen-bond acceptors (Lipinski definition) is 8. The van der Waals surface area contributed by atoms with E-state index in [1.807, 2.05) is 60.9 Å². The van der Waals surface area contributed by atoms with Gasteiger partial charge in [0.05, 0.1) is 6.04 Å². The third-order valence-electron chi connectivity index (χ3n) is 8.40. The van der Waals surface area contributed by atoms with Crippen LogP contribution in [0.2, 0.25) is 0 Å². The summed E-state index contributed by atoms with van der Waals surface area (Å²) < 4.78 is 0. The number of para-hydroxylation sites is 1. The molecule has 0 bridgehead atoms. The first-order valence-electron chi connectivity index (χ1n) is 16.6. The highest BCUT2D eigenvalue weighted by molar-refractivity contribution is 7.98. The van der Waals surface area contributed by atoms with Crippen LogP contribution in [0.15, 0.2) is 85.1 Å². The molecule has 10 N–H and O–H groups in total. The zero-order valence-electron chi connectivity index (χ0n) is 28.6. The van der Waals surface area contributed by atoms with Crippen molar-refractivity contribution >= 4 is 52.2 Å². The molecule has 1 heterocycles. The number of phenolic OH excluding ortho intramolecular Hbond substituents is 1. The minimum atomic E-state index is -1.17. The molecule has 13 nitrogen and oxygen atoms in total. The van der Waals surface area contributed by atoms with Crippen LogP contribution < -0.4 is 32.7 Å². The number of aromatic hydroxyl groups is 1. The van der Waals surface area contributed by atoms with E-state index in [1.54, 1.807) is 18.3 Å². The van der Waals surface area contributed by atoms with Gasteiger partial charge in [0.1, 0.15) is 29.9 Å². The second-order valence-corrected chi connectivity index (χ2v) is 13.3. The molecule has 1 aromatic heterocycles. The molecule has 5 amide bonds. The van der Waals surface area contributed by atoms with Crippen molar-refractivity contribution < 1.29 is 29.1 Å². The molecular formula is C37H45N7O6S. The third-order valence-corrected chi connectivity index (χ3v) is 9.04. The molecule has 14 heteroatoms. The Morgan fingerprint density at radius 3 is 1.98 bits per heavy atom. The number of primary amides is 1. The van der Waals surface area contributed by atoms with Crippen molar-refractivity contribution in [2.45, 2.75) is 62.8 Å². The van der Waals surface area contributed by atoms with Gasteiger partial charge in [0.2, 0.25) is 29.5 Å². The SMILES string of the molecule is CSCC[C@H](NC(=O)[C@H](Cc1ccccc1)NC(=O)[C@@H](Cc1c[nH]c2ccccc12)NC(=O)[C@H](C)NC(=O)[C@@H](N)Cc1ccc(O)cc1)C(N)=O. The lowest BCUT2D eigenvalue weighted by Crippen LogP contribution is -2.59. The van der Waals surface area contributed by atoms with E-state index in [2.05, 4.69) is 26.3 Å². The molecule has 51 heavy (non-hydrogen) atoms. The molecule has 3 aromatic carbocycles. The lowest BCUT2D eigenvalue weighted by molar-refractivity contribution is -0.134. The Bertz CT molecular complexity index is 1800. The maximum absolute atomic E-state index is 14.1. The number of aromatic amines is 1. The molecule has 4 aromatic rings. The highest BCUT2D eigenvalue weighted by atomic mass is 32.2. The van der Waals surface area contributed by atoms with E-state index in [-0.39, 0.29) is 25.0 Å². The number of aromatic nitrogens is 1. The molecule has 0 fully saturated rings. The number of hydrogen-bond donors (Lipinski definition) is 8. The molecule has 0 aliphatic heterocycles. The van der Waals surface area contributed by atoms with Gasteiger partial charge < -0.3 is 42.8 Å². The first-order chi connectivity index (χ1) is 24.4. The molecule has 0 aliphatic rings. The van der Waals surface area contributed by atoms with Crippen LogP contribution in [0.25, 0.3) is 10.9 Å². The minimum absolute atomic E-state index is 0.0555. The maximum Gasteiger partial charge on any atom is 0.243 e. The summed E-state index contributed by atoms with van der Waals surface area (Å²) in [7, 11) is 0. The summed E-state index contributed by atoms with van der Waals surface area (Å²) >= 11 is 1.50. The Kier molecular flexibility index (Phi) is 14.0. The van der Waals surface area contributed by atoms with E-state index < -0.39 is 59.7 Å². The Labute approximate surface area is 300 Å². The maximum atomic E-state index is 14.1. The summed E-state index contributed by atoms with van der Waals surface area (Å²) in [6.45, 7) is 1.48. The molecule has 270 valence electrons. The van der Waals surface area contributed by atoms with Crippen LogP contribution in [0.3, 0.4) is 0 Å². The Morgan fingerprint density at radius 2 is 1.31 bits per heavy atom. The van der Waals surface area contributed by atoms with Crippen LogP contribution in [-0.4, -0.2) is 81.8 Å². The predicted molar refractivity (Wildman–Crippen MR) is 198 cm³/mol. The quantitative estimate of drug-likeness (QED) is 0.0751. The number of nitrogens with two attached hydrogens (primary N) is 2. The zero-order chi connectivity index (χ0) is 36.9. The smallest absolute Gasteiger partial charge is 0.243 e. The average molecular weight is 716 g/mol. The van der Waals surface area contributed by atoms with Crippen LogP contribution in [-0.2, 0) is 43.2 Å². The van der Waals surface area contributed by atoms with Crippen LogP contribution in [0, 0.1) is 0 Å². The van der Waals surface area contributed by atoms with Crippen LogP contribution >= 0.6 is 11.8 Å². The van der Waals surface area contributed by atoms with Gasteiger partial charge in [0.25, 0.3) is 0 Å². The van der Waals surface area contributed by atoms with Crippen molar-refractivity contribution in [2.24, 2.45) is 11.5 Å². The van der Waals surface area contributed by atoms with Gasteiger partial charge in [-0.3, -0.25) is 24.0 Å². The molecule has 0 aliphatic carbocycles. The summed E-state index contributed by atoms with van der Waals surface area (Å²) in [6, 6.07) is 17.6. The fourth-order valence-corrected chi connectivity index (χ4v) is 5.99. The van der Waals surface area contributed by atoms with Gasteiger partial charge in [-0.2, -0.15) is 11.8 Å². The molecule has 0 saturated heterocycles. The fourth-order valence-electron chi connectivity index (χ4n) is 5.52. The first-order valence-corrected chi connectivity index (χ1v) is 18.0. The van der Waals surface area contributed by atoms with Gasteiger partial charge in [0.15, 0.2) is 0 Å². The third kappa shape index (κ3) is 11.3. The molecule has 0 saturated carbocycles. The topological polar surface area (TPSA) is 222 Å². The van der Waals surface area contributed by atoms with Crippen molar-refractivity contribution in [3.05, 3.63) is 102 Å². The Balaban J connectivity index is 1.54. The molecule has 0 spiro atoms. The van der Waals surface area contributed by atoms with Gasteiger partial charge in [-0.1, -0.05) is 60.7 Å². The molecular weight excluding hydrogens is 671 g/mol. The van der Waals surface area contributed by atoms with Crippen molar-refractivity contribution in [3.8, 4) is 5.75 Å². The van der Waals surface area contributed by atoms with Gasteiger partial charge >= 0.3 is 0 Å². The van der Waals surface area contributed by atoms with E-state index in [4.69, 9.17) is 11.5 Å². The fraction of sp³-hybridized carbons (Fsp3) is 0.324. The minimum Gasteiger partial charge on any atom is -0.508 e. The van der Waals surface area contributed by atoms with Crippen LogP contribution in [0.1, 0.15) is 30.0 Å². The average Bonchev–Trinajstić information content (AvgIpc) is 3.53. The molecule has 0 radical (unpaired) electrons. The molecule has 5 atom stereocenters. The second-order valence-electron chi connectivity index (χ2n) is 12.3. The summed E-state index contributed by atoms with van der Waals surface area (Å²) in [6.07, 6.45) is 4.27. The summed E-state index contributed by atoms with van der Waals surface area (Å²) in [5.74, 6) is -2.49. The highest BCUT2D eigenvalue weighted by Gasteiger charge is 2.31. The molecule has 4 rings (SSSR count). The summed E-state index contributed by atoms with van der Waals surface area (Å²) in [5, 5.41) is 21.2. The van der Waals surface area contributed by atoms with Gasteiger partial charge in [-0.05, 0) is 66.7 Å². The van der Waals surface area contributed by atoms with Gasteiger partial charge in [-0.15, -0.1) is 0 Å². The number of H-pyrrole nitrogens is 1. The standard InChI is InChI=1S/C37H45N7O6S/c1-22(41-35(48)28(38)18-24-12-14-26(45)15-13-24)34(47)43-32(20-25-21-40-29-11-7-6-10-27(25)29)37(50)44-31(19-23-8-4-3-5-9-23)36(49)42-30(33(39)46)16-17-51-2/h3-15,21-22,28,30-32,40,45H,16-20,38H2,1-2H3,(H2,39,46)(H,41,48)(H,42,49)(H,43,47)(H,44,50)/t22-,28-,30-,31-,32+/m0/s1.